The molecule has 0 spiro atoms. The molecule has 0 bridgehead atoms. The van der Waals surface area contributed by atoms with Crippen LogP contribution in [0, 0.1) is 0 Å². The number of hydrogen-bond acceptors (Lipinski definition) is 1. The third-order valence-electron chi connectivity index (χ3n) is 3.08. The summed E-state index contributed by atoms with van der Waals surface area (Å²) in [6.07, 6.45) is 4.55. The van der Waals surface area contributed by atoms with E-state index in [-0.39, 0.29) is 30.7 Å². The van der Waals surface area contributed by atoms with Crippen LogP contribution < -0.4 is 28.1 Å². The van der Waals surface area contributed by atoms with Crippen molar-refractivity contribution in [2.24, 2.45) is 0 Å². The Kier molecular flexibility index (Phi) is 8.44. The van der Waals surface area contributed by atoms with Gasteiger partial charge in [0.25, 0.3) is 0 Å². The van der Waals surface area contributed by atoms with E-state index in [1.165, 1.54) is 11.1 Å². The van der Waals surface area contributed by atoms with Crippen molar-refractivity contribution in [2.75, 3.05) is 0 Å². The summed E-state index contributed by atoms with van der Waals surface area (Å²) in [5.41, 5.74) is 2.80. The molecule has 1 atom stereocenters. The molecule has 1 amide bonds. The van der Waals surface area contributed by atoms with E-state index in [0.29, 0.717) is 3.67 Å². The molecule has 1 unspecified atom stereocenters. The Morgan fingerprint density at radius 3 is 2.47 bits per heavy atom. The van der Waals surface area contributed by atoms with Gasteiger partial charge in [-0.3, -0.25) is 0 Å². The van der Waals surface area contributed by atoms with Crippen molar-refractivity contribution in [1.29, 1.82) is 0 Å². The molecule has 6 heteroatoms. The van der Waals surface area contributed by atoms with Crippen LogP contribution in [0.1, 0.15) is 21.7 Å². The molecule has 0 saturated heterocycles. The van der Waals surface area contributed by atoms with Crippen molar-refractivity contribution in [3.63, 3.8) is 0 Å². The zero-order valence-corrected chi connectivity index (χ0v) is 17.5. The van der Waals surface area contributed by atoms with Crippen LogP contribution in [0.25, 0.3) is 6.08 Å². The van der Waals surface area contributed by atoms with Crippen LogP contribution in [0.5, 0.6) is 0 Å². The topological polar surface area (TPSA) is 29.1 Å². The van der Waals surface area contributed by atoms with Crippen LogP contribution in [0.3, 0.4) is 0 Å². The van der Waals surface area contributed by atoms with Gasteiger partial charge in [-0.2, -0.15) is 0 Å². The van der Waals surface area contributed by atoms with Crippen molar-refractivity contribution in [3.05, 3.63) is 41.5 Å². The van der Waals surface area contributed by atoms with Gasteiger partial charge in [-0.05, 0) is 0 Å². The second-order valence-electron chi connectivity index (χ2n) is 4.76. The molecule has 1 aliphatic rings. The second kappa shape index (κ2) is 8.40. The molecule has 0 aromatic heterocycles. The summed E-state index contributed by atoms with van der Waals surface area (Å²) < 4.78 is 3.92. The Bertz CT molecular complexity index is 468. The molecule has 1 aromatic carbocycles. The third-order valence-corrected chi connectivity index (χ3v) is 28.4. The van der Waals surface area contributed by atoms with E-state index >= 15 is 0 Å². The van der Waals surface area contributed by atoms with E-state index in [1.54, 1.807) is 6.92 Å². The Morgan fingerprint density at radius 1 is 1.26 bits per heavy atom. The summed E-state index contributed by atoms with van der Waals surface area (Å²) in [6, 6.07) is 8.59. The van der Waals surface area contributed by atoms with E-state index in [2.05, 4.69) is 52.8 Å². The molecule has 1 N–H and O–H groups in total. The van der Waals surface area contributed by atoms with Gasteiger partial charge < -0.3 is 24.8 Å². The molecular formula is C13H18Cl2HfNOSi. The summed E-state index contributed by atoms with van der Waals surface area (Å²) in [6.45, 7) is 6.42. The average molecular weight is 482 g/mol. The van der Waals surface area contributed by atoms with Gasteiger partial charge in [0.2, 0.25) is 0 Å². The smallest absolute Gasteiger partial charge is 1.00 e. The van der Waals surface area contributed by atoms with Crippen molar-refractivity contribution in [1.82, 2.24) is 3.30 Å². The van der Waals surface area contributed by atoms with Gasteiger partial charge in [-0.15, -0.1) is 0 Å². The molecule has 0 saturated carbocycles. The first-order valence-electron chi connectivity index (χ1n) is 6.01. The average Bonchev–Trinajstić information content (AvgIpc) is 2.69. The van der Waals surface area contributed by atoms with Gasteiger partial charge in [-0.25, -0.2) is 0 Å². The Hall–Kier alpha value is 0.0970. The van der Waals surface area contributed by atoms with Crippen LogP contribution in [0.4, 0.5) is 0 Å². The summed E-state index contributed by atoms with van der Waals surface area (Å²) in [5, 5.41) is 0. The molecule has 1 aliphatic carbocycles. The fourth-order valence-corrected chi connectivity index (χ4v) is 23.5. The summed E-state index contributed by atoms with van der Waals surface area (Å²) in [7, 11) is 0. The van der Waals surface area contributed by atoms with Gasteiger partial charge in [0, 0.05) is 0 Å². The molecule has 19 heavy (non-hydrogen) atoms. The maximum atomic E-state index is 11.4. The number of carbonyl (C=O) groups excluding carboxylic acids is 1. The summed E-state index contributed by atoms with van der Waals surface area (Å²) in [5.74, 6) is -0.551. The summed E-state index contributed by atoms with van der Waals surface area (Å²) >= 11 is -2.01. The van der Waals surface area contributed by atoms with Crippen molar-refractivity contribution in [2.45, 2.75) is 23.7 Å². The number of benzene rings is 1. The normalized spacial score (nSPS) is 15.3. The van der Waals surface area contributed by atoms with Crippen LogP contribution in [0.2, 0.25) is 13.1 Å². The molecule has 2 rings (SSSR count). The zero-order chi connectivity index (χ0) is 12.4. The van der Waals surface area contributed by atoms with Crippen molar-refractivity contribution < 1.29 is 50.5 Å². The van der Waals surface area contributed by atoms with Crippen molar-refractivity contribution >= 4 is 18.0 Å². The van der Waals surface area contributed by atoms with Crippen LogP contribution in [0.15, 0.2) is 30.3 Å². The fraction of sp³-hybridized carbons (Fsp3) is 0.308. The SMILES string of the molecule is CC(=O)[NH][Hf+2]([CH]1C=Cc2ccccc21)[SiH](C)C.[Cl-].[Cl-]. The van der Waals surface area contributed by atoms with Crippen LogP contribution in [-0.2, 0) is 25.7 Å². The first kappa shape index (κ1) is 19.1. The van der Waals surface area contributed by atoms with E-state index in [9.17, 15) is 4.79 Å². The zero-order valence-electron chi connectivity index (χ0n) is 11.3. The number of amides is 1. The van der Waals surface area contributed by atoms with Crippen LogP contribution >= 0.6 is 0 Å². The maximum Gasteiger partial charge on any atom is -1.00 e. The number of halogens is 2. The number of nitrogens with one attached hydrogen (secondary N) is 1. The first-order chi connectivity index (χ1) is 8.09. The third kappa shape index (κ3) is 4.55. The number of allylic oxidation sites excluding steroid dienone is 1. The Morgan fingerprint density at radius 2 is 1.89 bits per heavy atom. The minimum absolute atomic E-state index is 0. The van der Waals surface area contributed by atoms with Gasteiger partial charge in [0.15, 0.2) is 0 Å². The summed E-state index contributed by atoms with van der Waals surface area (Å²) in [4.78, 5) is 11.4. The maximum absolute atomic E-state index is 11.4. The van der Waals surface area contributed by atoms with E-state index < -0.39 is 26.9 Å². The minimum Gasteiger partial charge on any atom is -1.00 e. The molecule has 0 aliphatic heterocycles. The van der Waals surface area contributed by atoms with E-state index in [0.717, 1.165) is 0 Å². The van der Waals surface area contributed by atoms with Crippen LogP contribution in [-0.4, -0.2) is 11.9 Å². The van der Waals surface area contributed by atoms with Gasteiger partial charge in [0.1, 0.15) is 0 Å². The molecular weight excluding hydrogens is 464 g/mol. The molecule has 0 fully saturated rings. The Labute approximate surface area is 136 Å². The van der Waals surface area contributed by atoms with Crippen molar-refractivity contribution in [3.8, 4) is 0 Å². The molecule has 0 heterocycles. The second-order valence-corrected chi connectivity index (χ2v) is 31.0. The quantitative estimate of drug-likeness (QED) is 0.445. The Balaban J connectivity index is 0.00000162. The molecule has 0 radical (unpaired) electrons. The standard InChI is InChI=1S/C9H7.C2H5NO.C2H7Si.2ClH.Hf/c1-2-5-9-7-3-6-8(9)4-1;1-2(3)4;1-3-2;;;/h1-7H;1H3,(H2,3,4);3H,1-2H3;2*1H;/q;;;;;+3/p-3. The minimum atomic E-state index is -2.01. The molecule has 103 valence electrons. The number of fused-ring (bicyclic) bond motifs is 1. The monoisotopic (exact) mass is 482 g/mol. The number of carbonyl (C=O) groups is 1. The van der Waals surface area contributed by atoms with Gasteiger partial charge in [-0.1, -0.05) is 0 Å². The number of rotatable bonds is 3. The predicted molar refractivity (Wildman–Crippen MR) is 70.9 cm³/mol. The first-order valence-corrected chi connectivity index (χ1v) is 19.0. The van der Waals surface area contributed by atoms with Gasteiger partial charge >= 0.3 is 112 Å². The largest absolute Gasteiger partial charge is 1.00 e. The number of hydrogen-bond donors (Lipinski definition) is 1. The molecule has 1 aromatic rings. The van der Waals surface area contributed by atoms with E-state index in [1.807, 2.05) is 0 Å². The van der Waals surface area contributed by atoms with E-state index in [4.69, 9.17) is 0 Å². The molecule has 2 nitrogen and oxygen atoms in total. The fourth-order valence-electron chi connectivity index (χ4n) is 2.31. The predicted octanol–water partition coefficient (Wildman–Crippen LogP) is -3.58. The van der Waals surface area contributed by atoms with Gasteiger partial charge in [0.05, 0.1) is 0 Å².